The molecule has 4 rings (SSSR count). The van der Waals surface area contributed by atoms with Crippen molar-refractivity contribution in [2.45, 2.75) is 24.4 Å². The molecule has 3 aliphatic rings. The molecule has 0 unspecified atom stereocenters. The van der Waals surface area contributed by atoms with E-state index in [0.29, 0.717) is 19.3 Å². The van der Waals surface area contributed by atoms with E-state index in [2.05, 4.69) is 44.8 Å². The first-order valence-electron chi connectivity index (χ1n) is 6.75. The molecular weight excluding hydrogens is 306 g/mol. The number of rotatable bonds is 1. The minimum Gasteiger partial charge on any atom is -0.375 e. The second-order valence-corrected chi connectivity index (χ2v) is 6.40. The summed E-state index contributed by atoms with van der Waals surface area (Å²) in [6.07, 6.45) is 2.38. The molecule has 0 aliphatic carbocycles. The molecule has 3 heterocycles. The second-order valence-electron chi connectivity index (χ2n) is 5.49. The van der Waals surface area contributed by atoms with Gasteiger partial charge in [0.2, 0.25) is 0 Å². The van der Waals surface area contributed by atoms with Crippen molar-refractivity contribution >= 4 is 27.5 Å². The Labute approximate surface area is 120 Å². The molecule has 4 nitrogen and oxygen atoms in total. The summed E-state index contributed by atoms with van der Waals surface area (Å²) >= 11 is 3.54. The van der Waals surface area contributed by atoms with Crippen molar-refractivity contribution in [2.75, 3.05) is 25.1 Å². The van der Waals surface area contributed by atoms with Crippen LogP contribution < -0.4 is 10.6 Å². The first-order chi connectivity index (χ1) is 9.27. The summed E-state index contributed by atoms with van der Waals surface area (Å²) in [5.74, 6) is 1.08. The first kappa shape index (κ1) is 11.9. The lowest BCUT2D eigenvalue weighted by atomic mass is 9.85. The number of nitrogens with one attached hydrogen (secondary N) is 2. The third kappa shape index (κ3) is 1.83. The highest BCUT2D eigenvalue weighted by Crippen LogP contribution is 2.42. The molecular formula is C14H16BrN3O. The zero-order chi connectivity index (χ0) is 12.9. The summed E-state index contributed by atoms with van der Waals surface area (Å²) in [7, 11) is 0. The summed E-state index contributed by atoms with van der Waals surface area (Å²) in [5.41, 5.74) is 2.26. The molecule has 1 aromatic carbocycles. The van der Waals surface area contributed by atoms with Crippen LogP contribution in [-0.4, -0.2) is 31.6 Å². The number of nitrogens with zero attached hydrogens (tertiary/aromatic N) is 1. The Morgan fingerprint density at radius 1 is 1.37 bits per heavy atom. The second kappa shape index (κ2) is 4.30. The summed E-state index contributed by atoms with van der Waals surface area (Å²) < 4.78 is 6.54. The lowest BCUT2D eigenvalue weighted by molar-refractivity contribution is -0.0556. The Kier molecular flexibility index (Phi) is 2.69. The minimum atomic E-state index is -0.152. The summed E-state index contributed by atoms with van der Waals surface area (Å²) in [5, 5.41) is 7.02. The van der Waals surface area contributed by atoms with E-state index in [1.165, 1.54) is 12.0 Å². The van der Waals surface area contributed by atoms with Crippen LogP contribution in [0.2, 0.25) is 0 Å². The molecule has 3 aliphatic heterocycles. The van der Waals surface area contributed by atoms with Crippen LogP contribution in [-0.2, 0) is 10.3 Å². The van der Waals surface area contributed by atoms with E-state index in [9.17, 15) is 0 Å². The van der Waals surface area contributed by atoms with Gasteiger partial charge >= 0.3 is 0 Å². The quantitative estimate of drug-likeness (QED) is 0.834. The van der Waals surface area contributed by atoms with Gasteiger partial charge in [-0.3, -0.25) is 4.99 Å². The standard InChI is InChI=1S/C14H16BrN3O/c15-9-3-4-10-12(6-9)17-13(11-2-1-5-16-11)18-14(10)7-19-8-14/h3-4,6,11,16H,1-2,5,7-8H2,(H,17,18)/t11-/m0/s1. The summed E-state index contributed by atoms with van der Waals surface area (Å²) in [6, 6.07) is 6.73. The van der Waals surface area contributed by atoms with E-state index in [0.717, 1.165) is 29.0 Å². The van der Waals surface area contributed by atoms with Crippen LogP contribution in [0.25, 0.3) is 0 Å². The van der Waals surface area contributed by atoms with Crippen LogP contribution in [0, 0.1) is 0 Å². The topological polar surface area (TPSA) is 45.7 Å². The van der Waals surface area contributed by atoms with Gasteiger partial charge in [0.05, 0.1) is 19.3 Å². The Morgan fingerprint density at radius 3 is 2.95 bits per heavy atom. The molecule has 0 amide bonds. The maximum atomic E-state index is 5.45. The summed E-state index contributed by atoms with van der Waals surface area (Å²) in [6.45, 7) is 2.47. The van der Waals surface area contributed by atoms with Gasteiger partial charge in [0.15, 0.2) is 0 Å². The van der Waals surface area contributed by atoms with Crippen molar-refractivity contribution in [3.8, 4) is 0 Å². The van der Waals surface area contributed by atoms with Crippen LogP contribution in [0.1, 0.15) is 18.4 Å². The van der Waals surface area contributed by atoms with Crippen molar-refractivity contribution in [2.24, 2.45) is 4.99 Å². The molecule has 1 spiro atoms. The highest BCUT2D eigenvalue weighted by molar-refractivity contribution is 9.10. The number of aliphatic imine (C=N–C) groups is 1. The number of hydrogen-bond acceptors (Lipinski definition) is 4. The van der Waals surface area contributed by atoms with E-state index in [1.807, 2.05) is 0 Å². The first-order valence-corrected chi connectivity index (χ1v) is 7.54. The normalized spacial score (nSPS) is 27.4. The lowest BCUT2D eigenvalue weighted by Gasteiger charge is -2.43. The van der Waals surface area contributed by atoms with Gasteiger partial charge in [0.1, 0.15) is 11.4 Å². The number of ether oxygens (including phenoxy) is 1. The van der Waals surface area contributed by atoms with Gasteiger partial charge in [-0.05, 0) is 31.5 Å². The molecule has 19 heavy (non-hydrogen) atoms. The Balaban J connectivity index is 1.77. The largest absolute Gasteiger partial charge is 0.375 e. The molecule has 1 atom stereocenters. The zero-order valence-electron chi connectivity index (χ0n) is 10.6. The molecule has 0 bridgehead atoms. The molecule has 5 heteroatoms. The summed E-state index contributed by atoms with van der Waals surface area (Å²) in [4.78, 5) is 4.97. The third-order valence-electron chi connectivity index (χ3n) is 4.15. The van der Waals surface area contributed by atoms with Gasteiger partial charge < -0.3 is 15.4 Å². The fourth-order valence-corrected chi connectivity index (χ4v) is 3.44. The van der Waals surface area contributed by atoms with Crippen molar-refractivity contribution in [1.29, 1.82) is 0 Å². The minimum absolute atomic E-state index is 0.152. The van der Waals surface area contributed by atoms with Gasteiger partial charge in [-0.15, -0.1) is 0 Å². The van der Waals surface area contributed by atoms with Crippen LogP contribution in [0.5, 0.6) is 0 Å². The monoisotopic (exact) mass is 321 g/mol. The van der Waals surface area contributed by atoms with Crippen LogP contribution in [0.3, 0.4) is 0 Å². The Bertz CT molecular complexity index is 548. The SMILES string of the molecule is Brc1ccc2c(c1)NC([C@@H]1CCCN1)=NC21COC1. The number of halogens is 1. The molecule has 0 saturated carbocycles. The van der Waals surface area contributed by atoms with Gasteiger partial charge in [-0.25, -0.2) is 0 Å². The van der Waals surface area contributed by atoms with Crippen molar-refractivity contribution < 1.29 is 4.74 Å². The van der Waals surface area contributed by atoms with Gasteiger partial charge in [0, 0.05) is 15.7 Å². The average Bonchev–Trinajstić information content (AvgIpc) is 2.88. The van der Waals surface area contributed by atoms with Crippen LogP contribution in [0.4, 0.5) is 5.69 Å². The van der Waals surface area contributed by atoms with Crippen molar-refractivity contribution in [3.05, 3.63) is 28.2 Å². The van der Waals surface area contributed by atoms with Gasteiger partial charge in [0.25, 0.3) is 0 Å². The fourth-order valence-electron chi connectivity index (χ4n) is 3.08. The van der Waals surface area contributed by atoms with E-state index in [-0.39, 0.29) is 5.54 Å². The Hall–Kier alpha value is -0.910. The number of fused-ring (bicyclic) bond motifs is 2. The number of benzene rings is 1. The van der Waals surface area contributed by atoms with Gasteiger partial charge in [-0.2, -0.15) is 0 Å². The smallest absolute Gasteiger partial charge is 0.136 e. The van der Waals surface area contributed by atoms with E-state index >= 15 is 0 Å². The maximum Gasteiger partial charge on any atom is 0.136 e. The van der Waals surface area contributed by atoms with Crippen LogP contribution in [0.15, 0.2) is 27.7 Å². The molecule has 100 valence electrons. The van der Waals surface area contributed by atoms with Crippen LogP contribution >= 0.6 is 15.9 Å². The van der Waals surface area contributed by atoms with E-state index in [1.54, 1.807) is 0 Å². The molecule has 0 aromatic heterocycles. The zero-order valence-corrected chi connectivity index (χ0v) is 12.2. The Morgan fingerprint density at radius 2 is 2.26 bits per heavy atom. The predicted molar refractivity (Wildman–Crippen MR) is 78.7 cm³/mol. The van der Waals surface area contributed by atoms with Crippen molar-refractivity contribution in [1.82, 2.24) is 5.32 Å². The number of hydrogen-bond donors (Lipinski definition) is 2. The van der Waals surface area contributed by atoms with Crippen molar-refractivity contribution in [3.63, 3.8) is 0 Å². The number of anilines is 1. The fraction of sp³-hybridized carbons (Fsp3) is 0.500. The van der Waals surface area contributed by atoms with Gasteiger partial charge in [-0.1, -0.05) is 22.0 Å². The number of amidine groups is 1. The molecule has 1 aromatic rings. The average molecular weight is 322 g/mol. The lowest BCUT2D eigenvalue weighted by Crippen LogP contribution is -2.51. The molecule has 0 radical (unpaired) electrons. The third-order valence-corrected chi connectivity index (χ3v) is 4.65. The molecule has 2 saturated heterocycles. The highest BCUT2D eigenvalue weighted by atomic mass is 79.9. The molecule has 2 fully saturated rings. The molecule has 2 N–H and O–H groups in total. The predicted octanol–water partition coefficient (Wildman–Crippen LogP) is 2.25. The highest BCUT2D eigenvalue weighted by Gasteiger charge is 2.45. The maximum absolute atomic E-state index is 5.45. The van der Waals surface area contributed by atoms with E-state index < -0.39 is 0 Å². The van der Waals surface area contributed by atoms with E-state index in [4.69, 9.17) is 9.73 Å².